The first-order valence-electron chi connectivity index (χ1n) is 9.45. The normalized spacial score (nSPS) is 10.8. The number of rotatable bonds is 14. The summed E-state index contributed by atoms with van der Waals surface area (Å²) in [6.07, 6.45) is 12.1. The summed E-state index contributed by atoms with van der Waals surface area (Å²) < 4.78 is 6.15. The minimum absolute atomic E-state index is 0.0811. The minimum atomic E-state index is -0.0811. The van der Waals surface area contributed by atoms with Crippen LogP contribution in [0.5, 0.6) is 5.88 Å². The molecule has 0 atom stereocenters. The molecule has 1 rings (SSSR count). The lowest BCUT2D eigenvalue weighted by molar-refractivity contribution is -0.577. The van der Waals surface area contributed by atoms with Crippen LogP contribution in [-0.4, -0.2) is 18.1 Å². The monoisotopic (exact) mass is 338 g/mol. The van der Waals surface area contributed by atoms with Crippen molar-refractivity contribution in [1.29, 1.82) is 0 Å². The third-order valence-corrected chi connectivity index (χ3v) is 4.00. The third-order valence-electron chi connectivity index (χ3n) is 4.00. The topological polar surface area (TPSA) is 87.1 Å². The molecule has 0 aromatic carbocycles. The molecule has 6 nitrogen and oxygen atoms in total. The maximum atomic E-state index is 11.9. The van der Waals surface area contributed by atoms with E-state index in [4.69, 9.17) is 10.5 Å². The van der Waals surface area contributed by atoms with Crippen LogP contribution in [0.2, 0.25) is 0 Å². The molecule has 0 aliphatic heterocycles. The van der Waals surface area contributed by atoms with Gasteiger partial charge in [-0.1, -0.05) is 70.2 Å². The highest BCUT2D eigenvalue weighted by Gasteiger charge is 2.11. The fourth-order valence-corrected chi connectivity index (χ4v) is 2.48. The molecule has 138 valence electrons. The van der Waals surface area contributed by atoms with Crippen molar-refractivity contribution in [1.82, 2.24) is 4.98 Å². The van der Waals surface area contributed by atoms with Gasteiger partial charge in [0.05, 0.1) is 12.7 Å². The van der Waals surface area contributed by atoms with E-state index in [0.717, 1.165) is 25.8 Å². The lowest BCUT2D eigenvalue weighted by Crippen LogP contribution is -2.36. The Labute approximate surface area is 146 Å². The summed E-state index contributed by atoms with van der Waals surface area (Å²) >= 11 is 0. The molecular formula is C18H34N4O2. The molecular weight excluding hydrogens is 304 g/mol. The number of ether oxygens (including phenoxy) is 1. The van der Waals surface area contributed by atoms with Gasteiger partial charge in [0, 0.05) is 6.54 Å². The van der Waals surface area contributed by atoms with E-state index in [1.54, 1.807) is 6.07 Å². The second-order valence-corrected chi connectivity index (χ2v) is 6.24. The number of nitrogens with zero attached hydrogens (tertiary/aromatic N) is 2. The van der Waals surface area contributed by atoms with Gasteiger partial charge in [-0.2, -0.15) is 0 Å². The maximum absolute atomic E-state index is 11.9. The molecule has 24 heavy (non-hydrogen) atoms. The molecule has 0 saturated carbocycles. The second-order valence-electron chi connectivity index (χ2n) is 6.24. The predicted octanol–water partition coefficient (Wildman–Crippen LogP) is 4.03. The summed E-state index contributed by atoms with van der Waals surface area (Å²) in [7, 11) is 0. The van der Waals surface area contributed by atoms with Gasteiger partial charge < -0.3 is 21.0 Å². The first-order valence-corrected chi connectivity index (χ1v) is 9.45. The van der Waals surface area contributed by atoms with Crippen molar-refractivity contribution in [2.75, 3.05) is 24.2 Å². The van der Waals surface area contributed by atoms with Gasteiger partial charge in [-0.3, -0.25) is 0 Å². The number of hydrogen-bond donors (Lipinski definition) is 2. The highest BCUT2D eigenvalue weighted by molar-refractivity contribution is 5.36. The van der Waals surface area contributed by atoms with Crippen molar-refractivity contribution in [3.8, 4) is 5.88 Å². The molecule has 0 saturated heterocycles. The largest absolute Gasteiger partial charge is 0.754 e. The molecule has 0 unspecified atom stereocenters. The summed E-state index contributed by atoms with van der Waals surface area (Å²) in [6.45, 7) is 5.68. The molecule has 0 fully saturated rings. The van der Waals surface area contributed by atoms with E-state index >= 15 is 0 Å². The summed E-state index contributed by atoms with van der Waals surface area (Å²) in [5.41, 5.74) is 5.65. The predicted molar refractivity (Wildman–Crippen MR) is 99.1 cm³/mol. The molecule has 6 heteroatoms. The summed E-state index contributed by atoms with van der Waals surface area (Å²) in [4.78, 5) is 3.96. The second kappa shape index (κ2) is 12.7. The maximum Gasteiger partial charge on any atom is 0.347 e. The van der Waals surface area contributed by atoms with Crippen molar-refractivity contribution in [2.24, 2.45) is 0 Å². The molecule has 1 aromatic heterocycles. The first-order chi connectivity index (χ1) is 11.7. The van der Waals surface area contributed by atoms with Crippen molar-refractivity contribution in [3.63, 3.8) is 0 Å². The van der Waals surface area contributed by atoms with Crippen LogP contribution in [0.25, 0.3) is 0 Å². The third kappa shape index (κ3) is 8.22. The minimum Gasteiger partial charge on any atom is -0.754 e. The Balaban J connectivity index is 2.28. The SMILES string of the molecule is CCCCCCCCCCNc1cc(OCCCC)nc(N)[n+]1[O-]. The van der Waals surface area contributed by atoms with E-state index in [1.165, 1.54) is 44.9 Å². The van der Waals surface area contributed by atoms with Gasteiger partial charge in [-0.15, -0.1) is 0 Å². The van der Waals surface area contributed by atoms with Crippen LogP contribution in [-0.2, 0) is 0 Å². The fourth-order valence-electron chi connectivity index (χ4n) is 2.48. The van der Waals surface area contributed by atoms with E-state index in [0.29, 0.717) is 23.0 Å². The van der Waals surface area contributed by atoms with Crippen molar-refractivity contribution in [3.05, 3.63) is 11.3 Å². The number of nitrogen functional groups attached to an aromatic ring is 1. The average Bonchev–Trinajstić information content (AvgIpc) is 2.57. The highest BCUT2D eigenvalue weighted by Crippen LogP contribution is 2.14. The van der Waals surface area contributed by atoms with Gasteiger partial charge in [0.25, 0.3) is 5.88 Å². The zero-order valence-corrected chi connectivity index (χ0v) is 15.4. The Kier molecular flexibility index (Phi) is 10.7. The van der Waals surface area contributed by atoms with Gasteiger partial charge in [0.2, 0.25) is 5.82 Å². The Morgan fingerprint density at radius 3 is 2.33 bits per heavy atom. The van der Waals surface area contributed by atoms with E-state index in [9.17, 15) is 5.21 Å². The molecule has 0 spiro atoms. The fraction of sp³-hybridized carbons (Fsp3) is 0.778. The van der Waals surface area contributed by atoms with Crippen LogP contribution in [0.1, 0.15) is 78.1 Å². The Morgan fingerprint density at radius 2 is 1.67 bits per heavy atom. The van der Waals surface area contributed by atoms with Gasteiger partial charge >= 0.3 is 5.95 Å². The summed E-state index contributed by atoms with van der Waals surface area (Å²) in [5, 5.41) is 15.1. The van der Waals surface area contributed by atoms with Crippen LogP contribution in [0.4, 0.5) is 11.8 Å². The lowest BCUT2D eigenvalue weighted by atomic mass is 10.1. The Hall–Kier alpha value is -1.72. The van der Waals surface area contributed by atoms with Gasteiger partial charge in [0.15, 0.2) is 0 Å². The summed E-state index contributed by atoms with van der Waals surface area (Å²) in [6, 6.07) is 1.63. The highest BCUT2D eigenvalue weighted by atomic mass is 16.5. The molecule has 0 radical (unpaired) electrons. The van der Waals surface area contributed by atoms with Crippen LogP contribution < -0.4 is 20.5 Å². The van der Waals surface area contributed by atoms with Crippen molar-refractivity contribution < 1.29 is 9.47 Å². The molecule has 1 heterocycles. The number of nitrogens with two attached hydrogens (primary N) is 1. The molecule has 0 aliphatic carbocycles. The number of hydrogen-bond acceptors (Lipinski definition) is 5. The van der Waals surface area contributed by atoms with Crippen molar-refractivity contribution >= 4 is 11.8 Å². The molecule has 0 bridgehead atoms. The van der Waals surface area contributed by atoms with Crippen LogP contribution in [0, 0.1) is 5.21 Å². The zero-order chi connectivity index (χ0) is 17.6. The van der Waals surface area contributed by atoms with E-state index in [1.807, 2.05) is 0 Å². The Morgan fingerprint density at radius 1 is 1.04 bits per heavy atom. The average molecular weight is 338 g/mol. The van der Waals surface area contributed by atoms with Crippen LogP contribution in [0.15, 0.2) is 6.07 Å². The zero-order valence-electron chi connectivity index (χ0n) is 15.4. The van der Waals surface area contributed by atoms with E-state index in [2.05, 4.69) is 24.1 Å². The number of aromatic nitrogens is 2. The number of nitrogens with one attached hydrogen (secondary N) is 1. The number of unbranched alkanes of at least 4 members (excludes halogenated alkanes) is 8. The van der Waals surface area contributed by atoms with Crippen molar-refractivity contribution in [2.45, 2.75) is 78.1 Å². The van der Waals surface area contributed by atoms with Gasteiger partial charge in [-0.25, -0.2) is 4.73 Å². The quantitative estimate of drug-likeness (QED) is 0.304. The smallest absolute Gasteiger partial charge is 0.347 e. The molecule has 1 aromatic rings. The van der Waals surface area contributed by atoms with E-state index in [-0.39, 0.29) is 5.95 Å². The Bertz CT molecular complexity index is 455. The van der Waals surface area contributed by atoms with Crippen LogP contribution >= 0.6 is 0 Å². The number of anilines is 2. The van der Waals surface area contributed by atoms with E-state index < -0.39 is 0 Å². The standard InChI is InChI=1S/C18H34N4O2/c1-3-5-7-8-9-10-11-12-13-20-16-15-17(24-14-6-4-2)21-18(19)22(16)23/h15,20H,3-14H2,1-2H3,(H2,19,21). The molecule has 0 aliphatic rings. The molecule has 0 amide bonds. The van der Waals surface area contributed by atoms with Gasteiger partial charge in [-0.05, 0) is 12.8 Å². The van der Waals surface area contributed by atoms with Gasteiger partial charge in [0.1, 0.15) is 0 Å². The summed E-state index contributed by atoms with van der Waals surface area (Å²) in [5.74, 6) is 0.742. The molecule has 3 N–H and O–H groups in total. The van der Waals surface area contributed by atoms with Crippen LogP contribution in [0.3, 0.4) is 0 Å². The lowest BCUT2D eigenvalue weighted by Gasteiger charge is -2.14. The first kappa shape index (κ1) is 20.3.